The van der Waals surface area contributed by atoms with Crippen LogP contribution in [0.5, 0.6) is 0 Å². The Morgan fingerprint density at radius 1 is 1.19 bits per heavy atom. The number of furan rings is 1. The molecule has 4 rings (SSSR count). The number of hydrogen-bond donors (Lipinski definition) is 2. The first kappa shape index (κ1) is 26.6. The second kappa shape index (κ2) is 11.8. The van der Waals surface area contributed by atoms with Gasteiger partial charge in [0.1, 0.15) is 18.2 Å². The van der Waals surface area contributed by atoms with Gasteiger partial charge in [-0.2, -0.15) is 10.2 Å². The van der Waals surface area contributed by atoms with E-state index in [-0.39, 0.29) is 12.5 Å². The van der Waals surface area contributed by atoms with Crippen molar-refractivity contribution in [3.05, 3.63) is 60.9 Å². The Bertz CT molecular complexity index is 1310. The second-order valence-electron chi connectivity index (χ2n) is 8.95. The summed E-state index contributed by atoms with van der Waals surface area (Å²) in [6.45, 7) is 6.46. The first-order valence-corrected chi connectivity index (χ1v) is 12.6. The number of pyridine rings is 1. The van der Waals surface area contributed by atoms with Crippen LogP contribution in [0.2, 0.25) is 0 Å². The summed E-state index contributed by atoms with van der Waals surface area (Å²) in [5.74, 6) is 0.137. The van der Waals surface area contributed by atoms with E-state index >= 15 is 0 Å². The van der Waals surface area contributed by atoms with Gasteiger partial charge < -0.3 is 23.9 Å². The van der Waals surface area contributed by atoms with Crippen molar-refractivity contribution >= 4 is 20.2 Å². The zero-order valence-electron chi connectivity index (χ0n) is 21.0. The maximum atomic E-state index is 13.0. The standard InChI is InChI=1S/C24H29N6O6P/c1-24(2,3)36-37(32)34-16-30-14-17(13-26-30)20-8-9-21(35-20)23(31)27-19-15-29(11-12-33-4)28-22(19)18-7-5-6-10-25-18/h5-10,13-15,32H,11-12,16H2,1-4H3,(H,27,31). The van der Waals surface area contributed by atoms with Crippen molar-refractivity contribution in [2.75, 3.05) is 19.0 Å². The number of aromatic nitrogens is 5. The van der Waals surface area contributed by atoms with Gasteiger partial charge in [0.2, 0.25) is 0 Å². The van der Waals surface area contributed by atoms with Crippen molar-refractivity contribution in [3.8, 4) is 22.7 Å². The van der Waals surface area contributed by atoms with E-state index in [1.165, 1.54) is 4.68 Å². The van der Waals surface area contributed by atoms with Crippen LogP contribution in [0.4, 0.5) is 5.69 Å². The van der Waals surface area contributed by atoms with E-state index in [1.54, 1.807) is 48.7 Å². The molecule has 4 aromatic rings. The van der Waals surface area contributed by atoms with Gasteiger partial charge in [-0.25, -0.2) is 4.68 Å². The Hall–Kier alpha value is -3.41. The van der Waals surface area contributed by atoms with Crippen LogP contribution < -0.4 is 5.32 Å². The van der Waals surface area contributed by atoms with Crippen LogP contribution >= 0.6 is 8.60 Å². The number of amides is 1. The van der Waals surface area contributed by atoms with Gasteiger partial charge in [0.15, 0.2) is 5.76 Å². The minimum atomic E-state index is -2.04. The molecule has 0 fully saturated rings. The van der Waals surface area contributed by atoms with Crippen LogP contribution in [0, 0.1) is 0 Å². The number of rotatable bonds is 11. The SMILES string of the molecule is COCCn1cc(NC(=O)c2ccc(-c3cnn(COP(O)OC(C)(C)C)c3)o2)c(-c2ccccn2)n1. The number of carbonyl (C=O) groups is 1. The number of carbonyl (C=O) groups excluding carboxylic acids is 1. The molecule has 196 valence electrons. The van der Waals surface area contributed by atoms with Crippen molar-refractivity contribution in [1.82, 2.24) is 24.5 Å². The third-order valence-corrected chi connectivity index (χ3v) is 5.88. The summed E-state index contributed by atoms with van der Waals surface area (Å²) in [7, 11) is -0.430. The van der Waals surface area contributed by atoms with E-state index < -0.39 is 20.1 Å². The summed E-state index contributed by atoms with van der Waals surface area (Å²) < 4.78 is 24.8. The number of hydrogen-bond acceptors (Lipinski definition) is 9. The molecule has 0 saturated carbocycles. The molecule has 0 spiro atoms. The van der Waals surface area contributed by atoms with E-state index in [0.29, 0.717) is 41.6 Å². The highest BCUT2D eigenvalue weighted by atomic mass is 31.2. The molecule has 12 nitrogen and oxygen atoms in total. The van der Waals surface area contributed by atoms with E-state index in [0.717, 1.165) is 0 Å². The van der Waals surface area contributed by atoms with Crippen LogP contribution in [0.25, 0.3) is 22.7 Å². The summed E-state index contributed by atoms with van der Waals surface area (Å²) in [5.41, 5.74) is 1.78. The molecule has 0 radical (unpaired) electrons. The summed E-state index contributed by atoms with van der Waals surface area (Å²) in [6, 6.07) is 8.75. The van der Waals surface area contributed by atoms with E-state index in [1.807, 2.05) is 39.0 Å². The predicted molar refractivity (Wildman–Crippen MR) is 136 cm³/mol. The van der Waals surface area contributed by atoms with Gasteiger partial charge in [0.05, 0.1) is 41.9 Å². The molecule has 0 aliphatic rings. The van der Waals surface area contributed by atoms with Crippen LogP contribution in [-0.2, 0) is 27.1 Å². The lowest BCUT2D eigenvalue weighted by atomic mass is 10.2. The highest BCUT2D eigenvalue weighted by molar-refractivity contribution is 7.40. The van der Waals surface area contributed by atoms with E-state index in [4.69, 9.17) is 18.2 Å². The number of nitrogens with one attached hydrogen (secondary N) is 1. The van der Waals surface area contributed by atoms with Gasteiger partial charge >= 0.3 is 8.60 Å². The number of ether oxygens (including phenoxy) is 1. The second-order valence-corrected chi connectivity index (χ2v) is 9.86. The lowest BCUT2D eigenvalue weighted by Gasteiger charge is -2.21. The molecule has 37 heavy (non-hydrogen) atoms. The Kier molecular flexibility index (Phi) is 8.47. The molecule has 0 saturated heterocycles. The van der Waals surface area contributed by atoms with Crippen LogP contribution in [0.15, 0.2) is 59.5 Å². The van der Waals surface area contributed by atoms with Crippen molar-refractivity contribution in [1.29, 1.82) is 0 Å². The fourth-order valence-electron chi connectivity index (χ4n) is 3.23. The van der Waals surface area contributed by atoms with Gasteiger partial charge in [-0.15, -0.1) is 0 Å². The molecule has 1 unspecified atom stereocenters. The molecular formula is C24H29N6O6P. The van der Waals surface area contributed by atoms with Crippen molar-refractivity contribution in [2.24, 2.45) is 0 Å². The number of nitrogens with zero attached hydrogens (tertiary/aromatic N) is 5. The Morgan fingerprint density at radius 2 is 2.03 bits per heavy atom. The molecular weight excluding hydrogens is 499 g/mol. The van der Waals surface area contributed by atoms with Gasteiger partial charge in [0.25, 0.3) is 5.91 Å². The van der Waals surface area contributed by atoms with Crippen LogP contribution in [-0.4, -0.2) is 54.7 Å². The Labute approximate surface area is 215 Å². The molecule has 13 heteroatoms. The maximum absolute atomic E-state index is 13.0. The molecule has 0 bridgehead atoms. The summed E-state index contributed by atoms with van der Waals surface area (Å²) in [6.07, 6.45) is 6.65. The average molecular weight is 529 g/mol. The van der Waals surface area contributed by atoms with Crippen molar-refractivity contribution in [2.45, 2.75) is 39.6 Å². The topological polar surface area (TPSA) is 139 Å². The molecule has 0 aliphatic heterocycles. The molecule has 1 amide bonds. The van der Waals surface area contributed by atoms with Gasteiger partial charge in [-0.05, 0) is 45.0 Å². The highest BCUT2D eigenvalue weighted by Gasteiger charge is 2.20. The van der Waals surface area contributed by atoms with Crippen molar-refractivity contribution in [3.63, 3.8) is 0 Å². The third kappa shape index (κ3) is 7.31. The van der Waals surface area contributed by atoms with Crippen LogP contribution in [0.1, 0.15) is 31.3 Å². The van der Waals surface area contributed by atoms with Crippen LogP contribution in [0.3, 0.4) is 0 Å². The summed E-state index contributed by atoms with van der Waals surface area (Å²) in [5, 5.41) is 11.6. The fourth-order valence-corrected chi connectivity index (χ4v) is 3.97. The van der Waals surface area contributed by atoms with Gasteiger partial charge in [-0.1, -0.05) is 6.07 Å². The smallest absolute Gasteiger partial charge is 0.332 e. The average Bonchev–Trinajstić information content (AvgIpc) is 3.60. The number of anilines is 1. The zero-order chi connectivity index (χ0) is 26.4. The molecule has 4 aromatic heterocycles. The van der Waals surface area contributed by atoms with Gasteiger partial charge in [0, 0.05) is 25.7 Å². The Balaban J connectivity index is 1.44. The molecule has 0 aromatic carbocycles. The third-order valence-electron chi connectivity index (χ3n) is 4.84. The quantitative estimate of drug-likeness (QED) is 0.273. The van der Waals surface area contributed by atoms with E-state index in [9.17, 15) is 9.69 Å². The predicted octanol–water partition coefficient (Wildman–Crippen LogP) is 4.31. The minimum Gasteiger partial charge on any atom is -0.451 e. The first-order valence-electron chi connectivity index (χ1n) is 11.4. The first-order chi connectivity index (χ1) is 17.7. The van der Waals surface area contributed by atoms with Crippen molar-refractivity contribution < 1.29 is 27.9 Å². The minimum absolute atomic E-state index is 0.00427. The normalized spacial score (nSPS) is 12.6. The lowest BCUT2D eigenvalue weighted by Crippen LogP contribution is -2.16. The maximum Gasteiger partial charge on any atom is 0.332 e. The van der Waals surface area contributed by atoms with Gasteiger partial charge in [-0.3, -0.25) is 19.0 Å². The fraction of sp³-hybridized carbons (Fsp3) is 0.333. The number of methoxy groups -OCH3 is 1. The Morgan fingerprint density at radius 3 is 2.76 bits per heavy atom. The highest BCUT2D eigenvalue weighted by Crippen LogP contribution is 2.38. The zero-order valence-corrected chi connectivity index (χ0v) is 21.9. The largest absolute Gasteiger partial charge is 0.451 e. The van der Waals surface area contributed by atoms with E-state index in [2.05, 4.69) is 20.5 Å². The molecule has 0 aliphatic carbocycles. The monoisotopic (exact) mass is 528 g/mol. The molecule has 1 atom stereocenters. The molecule has 4 heterocycles. The molecule has 2 N–H and O–H groups in total. The summed E-state index contributed by atoms with van der Waals surface area (Å²) >= 11 is 0. The summed E-state index contributed by atoms with van der Waals surface area (Å²) in [4.78, 5) is 27.2. The lowest BCUT2D eigenvalue weighted by molar-refractivity contribution is 0.0769.